The lowest BCUT2D eigenvalue weighted by Gasteiger charge is -2.31. The number of nitriles is 1. The molecule has 28 heavy (non-hydrogen) atoms. The summed E-state index contributed by atoms with van der Waals surface area (Å²) in [5.74, 6) is 1.72. The minimum atomic E-state index is -3.12. The van der Waals surface area contributed by atoms with Crippen molar-refractivity contribution in [3.05, 3.63) is 24.5 Å². The van der Waals surface area contributed by atoms with Gasteiger partial charge in [-0.15, -0.1) is 0 Å². The normalized spacial score (nSPS) is 21.7. The summed E-state index contributed by atoms with van der Waals surface area (Å²) in [6.07, 6.45) is 7.25. The fraction of sp³-hybridized carbons (Fsp3) is 0.526. The highest BCUT2D eigenvalue weighted by atomic mass is 32.2. The van der Waals surface area contributed by atoms with Crippen LogP contribution in [0.3, 0.4) is 0 Å². The first-order chi connectivity index (χ1) is 13.4. The third kappa shape index (κ3) is 3.88. The van der Waals surface area contributed by atoms with Crippen molar-refractivity contribution in [3.63, 3.8) is 0 Å². The molecule has 2 fully saturated rings. The molecule has 4 heterocycles. The second-order valence-electron chi connectivity index (χ2n) is 7.57. The Morgan fingerprint density at radius 3 is 2.68 bits per heavy atom. The maximum atomic E-state index is 11.7. The fourth-order valence-electron chi connectivity index (χ4n) is 3.98. The van der Waals surface area contributed by atoms with E-state index in [1.165, 1.54) is 10.6 Å². The van der Waals surface area contributed by atoms with Crippen molar-refractivity contribution in [3.8, 4) is 6.07 Å². The second-order valence-corrected chi connectivity index (χ2v) is 9.55. The van der Waals surface area contributed by atoms with Gasteiger partial charge in [-0.1, -0.05) is 0 Å². The molecule has 2 aliphatic heterocycles. The zero-order valence-corrected chi connectivity index (χ0v) is 16.7. The minimum Gasteiger partial charge on any atom is -0.367 e. The molecule has 148 valence electrons. The molecule has 2 aliphatic rings. The Labute approximate surface area is 165 Å². The van der Waals surface area contributed by atoms with Crippen LogP contribution < -0.4 is 10.2 Å². The Morgan fingerprint density at radius 1 is 1.21 bits per heavy atom. The van der Waals surface area contributed by atoms with Crippen LogP contribution >= 0.6 is 0 Å². The molecule has 4 rings (SSSR count). The van der Waals surface area contributed by atoms with Crippen LogP contribution in [-0.4, -0.2) is 61.2 Å². The number of pyridine rings is 2. The average Bonchev–Trinajstić information content (AvgIpc) is 3.16. The molecule has 0 aromatic carbocycles. The second kappa shape index (κ2) is 7.53. The number of sulfonamides is 1. The van der Waals surface area contributed by atoms with Crippen LogP contribution in [-0.2, 0) is 10.0 Å². The number of hydrogen-bond donors (Lipinski definition) is 1. The van der Waals surface area contributed by atoms with Gasteiger partial charge in [0, 0.05) is 55.4 Å². The van der Waals surface area contributed by atoms with E-state index in [0.717, 1.165) is 48.2 Å². The predicted octanol–water partition coefficient (Wildman–Crippen LogP) is 1.82. The molecular formula is C19H24N6O2S. The SMILES string of the molecule is CS(=O)(=O)N1CCC(Nc2cc3c(N4CCC(C#N)C4)nccc3cn2)CC1. The van der Waals surface area contributed by atoms with Gasteiger partial charge in [0.1, 0.15) is 11.6 Å². The first-order valence-corrected chi connectivity index (χ1v) is 11.4. The molecule has 0 aliphatic carbocycles. The van der Waals surface area contributed by atoms with Crippen molar-refractivity contribution < 1.29 is 8.42 Å². The maximum absolute atomic E-state index is 11.7. The molecule has 0 saturated carbocycles. The standard InChI is InChI=1S/C19H24N6O2S/c1-28(26,27)25-8-4-16(5-9-25)23-18-10-17-15(12-22-18)2-6-21-19(17)24-7-3-14(11-20)13-24/h2,6,10,12,14,16H,3-5,7-9,13H2,1H3,(H,22,23). The molecule has 0 amide bonds. The Kier molecular flexibility index (Phi) is 5.08. The van der Waals surface area contributed by atoms with E-state index >= 15 is 0 Å². The van der Waals surface area contributed by atoms with Crippen molar-refractivity contribution >= 4 is 32.4 Å². The van der Waals surface area contributed by atoms with Gasteiger partial charge in [0.05, 0.1) is 18.2 Å². The summed E-state index contributed by atoms with van der Waals surface area (Å²) in [6.45, 7) is 2.59. The summed E-state index contributed by atoms with van der Waals surface area (Å²) in [5.41, 5.74) is 0. The molecule has 0 bridgehead atoms. The molecule has 9 heteroatoms. The summed E-state index contributed by atoms with van der Waals surface area (Å²) in [6, 6.07) is 6.50. The smallest absolute Gasteiger partial charge is 0.211 e. The van der Waals surface area contributed by atoms with Crippen LogP contribution in [0.5, 0.6) is 0 Å². The molecule has 1 atom stereocenters. The first kappa shape index (κ1) is 18.9. The van der Waals surface area contributed by atoms with Crippen molar-refractivity contribution in [1.82, 2.24) is 14.3 Å². The number of nitrogens with zero attached hydrogens (tertiary/aromatic N) is 5. The Hall–Kier alpha value is -2.44. The summed E-state index contributed by atoms with van der Waals surface area (Å²) < 4.78 is 24.9. The van der Waals surface area contributed by atoms with Crippen molar-refractivity contribution in [2.45, 2.75) is 25.3 Å². The predicted molar refractivity (Wildman–Crippen MR) is 109 cm³/mol. The molecule has 2 saturated heterocycles. The Balaban J connectivity index is 1.52. The fourth-order valence-corrected chi connectivity index (χ4v) is 4.85. The van der Waals surface area contributed by atoms with E-state index in [1.54, 1.807) is 6.20 Å². The van der Waals surface area contributed by atoms with Gasteiger partial charge in [0.15, 0.2) is 0 Å². The quantitative estimate of drug-likeness (QED) is 0.835. The average molecular weight is 401 g/mol. The van der Waals surface area contributed by atoms with Crippen LogP contribution in [0.2, 0.25) is 0 Å². The number of fused-ring (bicyclic) bond motifs is 1. The molecule has 0 radical (unpaired) electrons. The number of hydrogen-bond acceptors (Lipinski definition) is 7. The minimum absolute atomic E-state index is 0.0523. The van der Waals surface area contributed by atoms with Crippen LogP contribution in [0.4, 0.5) is 11.6 Å². The van der Waals surface area contributed by atoms with Gasteiger partial charge in [-0.25, -0.2) is 22.7 Å². The molecule has 2 aromatic heterocycles. The van der Waals surface area contributed by atoms with Crippen LogP contribution in [0.15, 0.2) is 24.5 Å². The van der Waals surface area contributed by atoms with Crippen molar-refractivity contribution in [2.75, 3.05) is 42.7 Å². The Morgan fingerprint density at radius 2 is 2.00 bits per heavy atom. The Bertz CT molecular complexity index is 1010. The third-order valence-electron chi connectivity index (χ3n) is 5.57. The zero-order valence-electron chi connectivity index (χ0n) is 15.9. The van der Waals surface area contributed by atoms with Crippen molar-refractivity contribution in [1.29, 1.82) is 5.26 Å². The van der Waals surface area contributed by atoms with E-state index in [-0.39, 0.29) is 12.0 Å². The lowest BCUT2D eigenvalue weighted by molar-refractivity contribution is 0.331. The van der Waals surface area contributed by atoms with Gasteiger partial charge in [-0.2, -0.15) is 5.26 Å². The van der Waals surface area contributed by atoms with E-state index in [9.17, 15) is 13.7 Å². The topological polar surface area (TPSA) is 102 Å². The maximum Gasteiger partial charge on any atom is 0.211 e. The zero-order chi connectivity index (χ0) is 19.7. The summed E-state index contributed by atoms with van der Waals surface area (Å²) in [5, 5.41) is 14.7. The van der Waals surface area contributed by atoms with Crippen LogP contribution in [0.1, 0.15) is 19.3 Å². The molecular weight excluding hydrogens is 376 g/mol. The van der Waals surface area contributed by atoms with Gasteiger partial charge in [-0.05, 0) is 31.4 Å². The van der Waals surface area contributed by atoms with E-state index in [2.05, 4.69) is 26.3 Å². The largest absolute Gasteiger partial charge is 0.367 e. The molecule has 8 nitrogen and oxygen atoms in total. The number of piperidine rings is 1. The molecule has 1 N–H and O–H groups in total. The highest BCUT2D eigenvalue weighted by molar-refractivity contribution is 7.88. The van der Waals surface area contributed by atoms with E-state index < -0.39 is 10.0 Å². The highest BCUT2D eigenvalue weighted by Crippen LogP contribution is 2.30. The van der Waals surface area contributed by atoms with Gasteiger partial charge in [0.25, 0.3) is 0 Å². The van der Waals surface area contributed by atoms with Gasteiger partial charge >= 0.3 is 0 Å². The van der Waals surface area contributed by atoms with Crippen molar-refractivity contribution in [2.24, 2.45) is 5.92 Å². The monoisotopic (exact) mass is 400 g/mol. The highest BCUT2D eigenvalue weighted by Gasteiger charge is 2.26. The van der Waals surface area contributed by atoms with Gasteiger partial charge < -0.3 is 10.2 Å². The summed E-state index contributed by atoms with van der Waals surface area (Å²) in [4.78, 5) is 11.3. The lowest BCUT2D eigenvalue weighted by atomic mass is 10.1. The summed E-state index contributed by atoms with van der Waals surface area (Å²) >= 11 is 0. The summed E-state index contributed by atoms with van der Waals surface area (Å²) in [7, 11) is -3.12. The number of anilines is 2. The van der Waals surface area contributed by atoms with Crippen LogP contribution in [0.25, 0.3) is 10.8 Å². The van der Waals surface area contributed by atoms with Gasteiger partial charge in [-0.3, -0.25) is 0 Å². The first-order valence-electron chi connectivity index (χ1n) is 9.55. The van der Waals surface area contributed by atoms with Gasteiger partial charge in [0.2, 0.25) is 10.0 Å². The van der Waals surface area contributed by atoms with Crippen LogP contribution in [0, 0.1) is 17.2 Å². The van der Waals surface area contributed by atoms with E-state index in [4.69, 9.17) is 0 Å². The molecule has 1 unspecified atom stereocenters. The van der Waals surface area contributed by atoms with E-state index in [1.807, 2.05) is 18.3 Å². The lowest BCUT2D eigenvalue weighted by Crippen LogP contribution is -2.41. The van der Waals surface area contributed by atoms with E-state index in [0.29, 0.717) is 19.6 Å². The third-order valence-corrected chi connectivity index (χ3v) is 6.88. The number of nitrogens with one attached hydrogen (secondary N) is 1. The molecule has 0 spiro atoms. The number of aromatic nitrogens is 2. The number of rotatable bonds is 4. The molecule has 2 aromatic rings.